The van der Waals surface area contributed by atoms with Crippen LogP contribution in [0.1, 0.15) is 26.0 Å². The number of hydrogen-bond acceptors (Lipinski definition) is 8. The Hall–Kier alpha value is -4.52. The van der Waals surface area contributed by atoms with Gasteiger partial charge >= 0.3 is 0 Å². The fourth-order valence-corrected chi connectivity index (χ4v) is 4.39. The van der Waals surface area contributed by atoms with Crippen molar-refractivity contribution in [3.63, 3.8) is 0 Å². The van der Waals surface area contributed by atoms with E-state index in [1.54, 1.807) is 48.5 Å². The first kappa shape index (κ1) is 26.5. The first-order valence-corrected chi connectivity index (χ1v) is 12.2. The van der Waals surface area contributed by atoms with Gasteiger partial charge in [0.05, 0.1) is 24.0 Å². The fraction of sp³-hybridized carbons (Fsp3) is 0.280. The van der Waals surface area contributed by atoms with Gasteiger partial charge in [0.25, 0.3) is 11.6 Å². The van der Waals surface area contributed by atoms with Crippen molar-refractivity contribution >= 4 is 52.1 Å². The monoisotopic (exact) mass is 538 g/mol. The van der Waals surface area contributed by atoms with Crippen molar-refractivity contribution in [2.75, 3.05) is 22.1 Å². The van der Waals surface area contributed by atoms with Crippen molar-refractivity contribution in [3.8, 4) is 11.7 Å². The van der Waals surface area contributed by atoms with Crippen LogP contribution in [0.5, 0.6) is 11.7 Å². The molecule has 2 N–H and O–H groups in total. The second-order valence-corrected chi connectivity index (χ2v) is 8.83. The van der Waals surface area contributed by atoms with Gasteiger partial charge in [-0.05, 0) is 67.7 Å². The number of aromatic nitrogens is 2. The van der Waals surface area contributed by atoms with E-state index in [0.717, 1.165) is 0 Å². The number of nitrogens with one attached hydrogen (secondary N) is 2. The predicted octanol–water partition coefficient (Wildman–Crippen LogP) is 1.46. The van der Waals surface area contributed by atoms with E-state index in [9.17, 15) is 19.5 Å². The third kappa shape index (κ3) is 5.72. The molecule has 2 aromatic carbocycles. The number of amides is 3. The Morgan fingerprint density at radius 1 is 1.13 bits per heavy atom. The second kappa shape index (κ2) is 11.3. The molecular formula is C25H26N6O6S. The van der Waals surface area contributed by atoms with Gasteiger partial charge in [0.1, 0.15) is 18.3 Å². The van der Waals surface area contributed by atoms with E-state index in [-0.39, 0.29) is 29.7 Å². The van der Waals surface area contributed by atoms with Crippen molar-refractivity contribution in [1.82, 2.24) is 10.2 Å². The number of carbonyl (C=O) groups excluding carboxylic acids is 3. The number of rotatable bonds is 9. The molecule has 2 heterocycles. The molecule has 4 rings (SSSR count). The molecule has 0 bridgehead atoms. The van der Waals surface area contributed by atoms with Crippen LogP contribution >= 0.6 is 12.2 Å². The van der Waals surface area contributed by atoms with E-state index >= 15 is 0 Å². The molecule has 0 spiro atoms. The number of nitrogens with zero attached hydrogens (tertiary/aromatic N) is 4. The molecule has 198 valence electrons. The highest BCUT2D eigenvalue weighted by molar-refractivity contribution is 7.80. The maximum Gasteiger partial charge on any atom is 0.256 e. The number of carbonyl (C=O) groups is 3. The largest absolute Gasteiger partial charge is 0.539 e. The molecule has 12 nitrogen and oxygen atoms in total. The Morgan fingerprint density at radius 3 is 2.32 bits per heavy atom. The van der Waals surface area contributed by atoms with Crippen molar-refractivity contribution in [2.45, 2.75) is 32.9 Å². The summed E-state index contributed by atoms with van der Waals surface area (Å²) in [7, 11) is 1.54. The quantitative estimate of drug-likeness (QED) is 0.306. The van der Waals surface area contributed by atoms with E-state index < -0.39 is 23.8 Å². The van der Waals surface area contributed by atoms with Crippen LogP contribution in [-0.2, 0) is 28.0 Å². The Labute approximate surface area is 223 Å². The minimum atomic E-state index is -0.984. The number of thiocarbonyl (C=S) groups is 1. The lowest BCUT2D eigenvalue weighted by Crippen LogP contribution is -2.42. The Bertz CT molecular complexity index is 1340. The third-order valence-corrected chi connectivity index (χ3v) is 6.20. The fourth-order valence-electron chi connectivity index (χ4n) is 4.00. The lowest BCUT2D eigenvalue weighted by molar-refractivity contribution is -0.746. The van der Waals surface area contributed by atoms with Gasteiger partial charge in [-0.25, -0.2) is 0 Å². The lowest BCUT2D eigenvalue weighted by atomic mass is 10.1. The summed E-state index contributed by atoms with van der Waals surface area (Å²) < 4.78 is 11.5. The van der Waals surface area contributed by atoms with Crippen LogP contribution in [0, 0.1) is 0 Å². The summed E-state index contributed by atoms with van der Waals surface area (Å²) in [6.07, 6.45) is -0.233. The van der Waals surface area contributed by atoms with Crippen LogP contribution in [0.25, 0.3) is 0 Å². The molecule has 1 atom stereocenters. The molecule has 13 heteroatoms. The Balaban J connectivity index is 1.56. The Kier molecular flexibility index (Phi) is 7.86. The normalized spacial score (nSPS) is 15.1. The topological polar surface area (TPSA) is 144 Å². The third-order valence-electron chi connectivity index (χ3n) is 5.78. The average Bonchev–Trinajstić information content (AvgIpc) is 3.31. The van der Waals surface area contributed by atoms with Crippen molar-refractivity contribution in [1.29, 1.82) is 0 Å². The van der Waals surface area contributed by atoms with Crippen LogP contribution < -0.4 is 30.1 Å². The molecule has 3 aromatic rings. The van der Waals surface area contributed by atoms with Gasteiger partial charge in [0.15, 0.2) is 18.1 Å². The Morgan fingerprint density at radius 2 is 1.76 bits per heavy atom. The molecule has 0 radical (unpaired) electrons. The summed E-state index contributed by atoms with van der Waals surface area (Å²) in [5.41, 5.74) is 1.74. The zero-order valence-electron chi connectivity index (χ0n) is 21.0. The van der Waals surface area contributed by atoms with Gasteiger partial charge in [-0.3, -0.25) is 19.3 Å². The molecule has 1 fully saturated rings. The number of aryl methyl sites for hydroxylation is 1. The predicted molar refractivity (Wildman–Crippen MR) is 138 cm³/mol. The first-order valence-electron chi connectivity index (χ1n) is 11.7. The summed E-state index contributed by atoms with van der Waals surface area (Å²) >= 11 is 5.64. The van der Waals surface area contributed by atoms with E-state index in [1.165, 1.54) is 28.5 Å². The van der Waals surface area contributed by atoms with Gasteiger partial charge in [-0.15, -0.1) is 0 Å². The van der Waals surface area contributed by atoms with E-state index in [4.69, 9.17) is 21.5 Å². The SMILES string of the molecule is CCOc1ccc(N2C(=O)C(CC(=O)Nc3ccc(NC(C)=O)cc3)N(Cc3c([O-])on[n+]3C)C2=S)cc1. The number of benzene rings is 2. The second-order valence-electron chi connectivity index (χ2n) is 8.47. The van der Waals surface area contributed by atoms with Gasteiger partial charge < -0.3 is 29.9 Å². The molecule has 38 heavy (non-hydrogen) atoms. The number of hydrogen-bond donors (Lipinski definition) is 2. The highest BCUT2D eigenvalue weighted by atomic mass is 32.1. The summed E-state index contributed by atoms with van der Waals surface area (Å²) in [6.45, 7) is 3.68. The van der Waals surface area contributed by atoms with Crippen molar-refractivity contribution in [2.24, 2.45) is 7.05 Å². The minimum Gasteiger partial charge on any atom is -0.539 e. The van der Waals surface area contributed by atoms with Crippen molar-refractivity contribution < 1.29 is 33.4 Å². The van der Waals surface area contributed by atoms with E-state index in [2.05, 4.69) is 15.9 Å². The average molecular weight is 539 g/mol. The van der Waals surface area contributed by atoms with Crippen molar-refractivity contribution in [3.05, 3.63) is 54.2 Å². The molecule has 1 aliphatic heterocycles. The van der Waals surface area contributed by atoms with Crippen LogP contribution in [-0.4, -0.2) is 45.7 Å². The lowest BCUT2D eigenvalue weighted by Gasteiger charge is -2.22. The van der Waals surface area contributed by atoms with E-state index in [0.29, 0.717) is 29.4 Å². The molecule has 0 aliphatic carbocycles. The van der Waals surface area contributed by atoms with E-state index in [1.807, 2.05) is 6.92 Å². The van der Waals surface area contributed by atoms with Gasteiger partial charge in [0.2, 0.25) is 11.8 Å². The molecular weight excluding hydrogens is 512 g/mol. The van der Waals surface area contributed by atoms with Gasteiger partial charge in [-0.1, -0.05) is 4.68 Å². The van der Waals surface area contributed by atoms with Gasteiger partial charge in [-0.2, -0.15) is 0 Å². The molecule has 0 saturated carbocycles. The zero-order chi connectivity index (χ0) is 27.4. The van der Waals surface area contributed by atoms with Crippen LogP contribution in [0.15, 0.2) is 53.1 Å². The molecule has 1 aromatic heterocycles. The number of anilines is 3. The molecule has 1 unspecified atom stereocenters. The standard InChI is InChI=1S/C25H25N6O6S/c1-4-36-19-11-9-18(10-12-19)31-23(34)20(30(25(31)38)14-21-24(35)37-28-29(21)3)13-22(33)27-17-7-5-16(6-8-17)26-15(2)32/h5-12,20,35H,4,13-14H2,1-3H3/q-1/p+1. The highest BCUT2D eigenvalue weighted by Crippen LogP contribution is 2.30. The summed E-state index contributed by atoms with van der Waals surface area (Å²) in [5.74, 6) is -1.09. The summed E-state index contributed by atoms with van der Waals surface area (Å²) in [5, 5.41) is 21.4. The molecule has 1 aliphatic rings. The maximum absolute atomic E-state index is 13.6. The van der Waals surface area contributed by atoms with Crippen LogP contribution in [0.2, 0.25) is 0 Å². The zero-order valence-corrected chi connectivity index (χ0v) is 21.8. The van der Waals surface area contributed by atoms with Crippen LogP contribution in [0.4, 0.5) is 17.1 Å². The first-order chi connectivity index (χ1) is 18.2. The smallest absolute Gasteiger partial charge is 0.256 e. The van der Waals surface area contributed by atoms with Gasteiger partial charge in [0, 0.05) is 18.3 Å². The van der Waals surface area contributed by atoms with Crippen LogP contribution in [0.3, 0.4) is 0 Å². The minimum absolute atomic E-state index is 0.0830. The summed E-state index contributed by atoms with van der Waals surface area (Å²) in [6, 6.07) is 12.4. The number of ether oxygens (including phenoxy) is 1. The summed E-state index contributed by atoms with van der Waals surface area (Å²) in [4.78, 5) is 40.7. The highest BCUT2D eigenvalue weighted by Gasteiger charge is 2.45. The molecule has 1 saturated heterocycles. The maximum atomic E-state index is 13.6. The molecule has 3 amide bonds.